The van der Waals surface area contributed by atoms with Gasteiger partial charge in [0.05, 0.1) is 6.10 Å². The van der Waals surface area contributed by atoms with Gasteiger partial charge >= 0.3 is 0 Å². The Hall–Kier alpha value is 0.310. The van der Waals surface area contributed by atoms with E-state index < -0.39 is 0 Å². The van der Waals surface area contributed by atoms with Crippen LogP contribution in [0.2, 0.25) is 0 Å². The fraction of sp³-hybridized carbons (Fsp3) is 1.00. The summed E-state index contributed by atoms with van der Waals surface area (Å²) in [6, 6.07) is 0. The van der Waals surface area contributed by atoms with Crippen molar-refractivity contribution in [2.75, 3.05) is 11.5 Å². The first-order valence-electron chi connectivity index (χ1n) is 3.60. The molecule has 0 bridgehead atoms. The van der Waals surface area contributed by atoms with Gasteiger partial charge in [0.2, 0.25) is 0 Å². The summed E-state index contributed by atoms with van der Waals surface area (Å²) in [5.41, 5.74) is 0. The maximum atomic E-state index is 9.36. The van der Waals surface area contributed by atoms with Crippen LogP contribution >= 0.6 is 11.8 Å². The molecule has 0 saturated carbocycles. The first kappa shape index (κ1) is 7.42. The zero-order chi connectivity index (χ0) is 6.69. The Bertz CT molecular complexity index is 85.0. The summed E-state index contributed by atoms with van der Waals surface area (Å²) in [5, 5.41) is 9.36. The molecule has 1 nitrogen and oxygen atoms in total. The summed E-state index contributed by atoms with van der Waals surface area (Å²) >= 11 is 1.97. The molecule has 0 aliphatic carbocycles. The van der Waals surface area contributed by atoms with Gasteiger partial charge in [-0.05, 0) is 23.8 Å². The van der Waals surface area contributed by atoms with Crippen molar-refractivity contribution >= 4 is 11.8 Å². The summed E-state index contributed by atoms with van der Waals surface area (Å²) in [4.78, 5) is 0. The fourth-order valence-electron chi connectivity index (χ4n) is 1.18. The molecule has 0 spiro atoms. The molecule has 2 atom stereocenters. The zero-order valence-electron chi connectivity index (χ0n) is 5.84. The molecule has 1 N–H and O–H groups in total. The van der Waals surface area contributed by atoms with Crippen molar-refractivity contribution in [1.82, 2.24) is 0 Å². The molecule has 0 aromatic heterocycles. The van der Waals surface area contributed by atoms with Crippen molar-refractivity contribution in [2.45, 2.75) is 25.9 Å². The highest BCUT2D eigenvalue weighted by atomic mass is 32.2. The maximum Gasteiger partial charge on any atom is 0.0584 e. The minimum atomic E-state index is -0.00347. The van der Waals surface area contributed by atoms with Crippen molar-refractivity contribution in [3.8, 4) is 0 Å². The number of aliphatic hydroxyl groups is 1. The van der Waals surface area contributed by atoms with Crippen LogP contribution in [-0.2, 0) is 0 Å². The van der Waals surface area contributed by atoms with Gasteiger partial charge in [0.15, 0.2) is 0 Å². The topological polar surface area (TPSA) is 20.2 Å². The molecule has 0 aromatic rings. The second kappa shape index (κ2) is 3.47. The number of hydrogen-bond donors (Lipinski definition) is 1. The predicted octanol–water partition coefficient (Wildman–Crippen LogP) is 1.51. The Morgan fingerprint density at radius 2 is 2.44 bits per heavy atom. The van der Waals surface area contributed by atoms with E-state index in [4.69, 9.17) is 0 Å². The van der Waals surface area contributed by atoms with Gasteiger partial charge in [0, 0.05) is 0 Å². The molecule has 1 saturated heterocycles. The summed E-state index contributed by atoms with van der Waals surface area (Å²) < 4.78 is 0. The zero-order valence-corrected chi connectivity index (χ0v) is 6.66. The molecule has 54 valence electrons. The largest absolute Gasteiger partial charge is 0.393 e. The van der Waals surface area contributed by atoms with Crippen molar-refractivity contribution < 1.29 is 5.11 Å². The van der Waals surface area contributed by atoms with Crippen LogP contribution in [-0.4, -0.2) is 22.7 Å². The first-order chi connectivity index (χ1) is 4.34. The molecule has 1 heterocycles. The lowest BCUT2D eigenvalue weighted by Crippen LogP contribution is -2.26. The van der Waals surface area contributed by atoms with Gasteiger partial charge in [-0.1, -0.05) is 13.3 Å². The van der Waals surface area contributed by atoms with Crippen LogP contribution in [0.1, 0.15) is 19.8 Å². The second-order valence-corrected chi connectivity index (χ2v) is 3.75. The van der Waals surface area contributed by atoms with Gasteiger partial charge in [-0.2, -0.15) is 11.8 Å². The summed E-state index contributed by atoms with van der Waals surface area (Å²) in [7, 11) is 0. The summed E-state index contributed by atoms with van der Waals surface area (Å²) in [5.74, 6) is 2.89. The van der Waals surface area contributed by atoms with Crippen molar-refractivity contribution in [2.24, 2.45) is 5.92 Å². The van der Waals surface area contributed by atoms with Gasteiger partial charge < -0.3 is 5.11 Å². The van der Waals surface area contributed by atoms with Gasteiger partial charge in [0.25, 0.3) is 0 Å². The quantitative estimate of drug-likeness (QED) is 0.605. The lowest BCUT2D eigenvalue weighted by molar-refractivity contribution is 0.110. The third kappa shape index (κ3) is 1.87. The monoisotopic (exact) mass is 146 g/mol. The third-order valence-corrected chi connectivity index (χ3v) is 3.15. The van der Waals surface area contributed by atoms with Crippen LogP contribution in [0.25, 0.3) is 0 Å². The molecule has 1 rings (SSSR count). The maximum absolute atomic E-state index is 9.36. The molecule has 0 amide bonds. The van der Waals surface area contributed by atoms with Gasteiger partial charge in [-0.25, -0.2) is 0 Å². The van der Waals surface area contributed by atoms with Gasteiger partial charge in [-0.3, -0.25) is 0 Å². The molecule has 1 fully saturated rings. The molecule has 0 radical (unpaired) electrons. The van der Waals surface area contributed by atoms with E-state index >= 15 is 0 Å². The van der Waals surface area contributed by atoms with Gasteiger partial charge in [-0.15, -0.1) is 0 Å². The lowest BCUT2D eigenvalue weighted by Gasteiger charge is -2.25. The van der Waals surface area contributed by atoms with E-state index in [2.05, 4.69) is 6.92 Å². The van der Waals surface area contributed by atoms with Crippen molar-refractivity contribution in [1.29, 1.82) is 0 Å². The van der Waals surface area contributed by atoms with Gasteiger partial charge in [0.1, 0.15) is 0 Å². The molecule has 1 aliphatic heterocycles. The lowest BCUT2D eigenvalue weighted by atomic mass is 9.99. The average Bonchev–Trinajstić information content (AvgIpc) is 1.89. The van der Waals surface area contributed by atoms with Crippen LogP contribution in [0.15, 0.2) is 0 Å². The molecule has 0 aromatic carbocycles. The van der Waals surface area contributed by atoms with Crippen LogP contribution in [0.5, 0.6) is 0 Å². The highest BCUT2D eigenvalue weighted by Crippen LogP contribution is 2.24. The van der Waals surface area contributed by atoms with E-state index in [0.717, 1.165) is 24.3 Å². The van der Waals surface area contributed by atoms with Crippen molar-refractivity contribution in [3.63, 3.8) is 0 Å². The average molecular weight is 146 g/mol. The SMILES string of the molecule is CC[C@@H]1CSCC[C@H]1O. The number of hydrogen-bond acceptors (Lipinski definition) is 2. The number of thioether (sulfide) groups is 1. The molecular formula is C7H14OS. The van der Waals surface area contributed by atoms with Crippen LogP contribution in [0, 0.1) is 5.92 Å². The van der Waals surface area contributed by atoms with Crippen LogP contribution in [0.3, 0.4) is 0 Å². The van der Waals surface area contributed by atoms with E-state index in [1.807, 2.05) is 11.8 Å². The predicted molar refractivity (Wildman–Crippen MR) is 41.7 cm³/mol. The minimum absolute atomic E-state index is 0.00347. The number of aliphatic hydroxyl groups excluding tert-OH is 1. The molecule has 9 heavy (non-hydrogen) atoms. The Balaban J connectivity index is 2.30. The van der Waals surface area contributed by atoms with E-state index in [1.165, 1.54) is 0 Å². The summed E-state index contributed by atoms with van der Waals surface area (Å²) in [6.07, 6.45) is 2.13. The van der Waals surface area contributed by atoms with Crippen LogP contribution in [0.4, 0.5) is 0 Å². The van der Waals surface area contributed by atoms with Crippen molar-refractivity contribution in [3.05, 3.63) is 0 Å². The summed E-state index contributed by atoms with van der Waals surface area (Å²) in [6.45, 7) is 2.15. The number of rotatable bonds is 1. The molecule has 0 unspecified atom stereocenters. The van der Waals surface area contributed by atoms with E-state index in [0.29, 0.717) is 5.92 Å². The highest BCUT2D eigenvalue weighted by Gasteiger charge is 2.20. The Morgan fingerprint density at radius 3 is 2.89 bits per heavy atom. The Kier molecular flexibility index (Phi) is 2.86. The first-order valence-corrected chi connectivity index (χ1v) is 4.76. The highest BCUT2D eigenvalue weighted by molar-refractivity contribution is 7.99. The standard InChI is InChI=1S/C7H14OS/c1-2-6-5-9-4-3-7(6)8/h6-8H,2-5H2,1H3/t6-,7-/m1/s1. The Morgan fingerprint density at radius 1 is 1.67 bits per heavy atom. The van der Waals surface area contributed by atoms with E-state index in [-0.39, 0.29) is 6.10 Å². The third-order valence-electron chi connectivity index (χ3n) is 1.96. The van der Waals surface area contributed by atoms with E-state index in [9.17, 15) is 5.11 Å². The molecule has 1 aliphatic rings. The van der Waals surface area contributed by atoms with E-state index in [1.54, 1.807) is 0 Å². The molecular weight excluding hydrogens is 132 g/mol. The minimum Gasteiger partial charge on any atom is -0.393 e. The fourth-order valence-corrected chi connectivity index (χ4v) is 2.51. The molecule has 2 heteroatoms. The van der Waals surface area contributed by atoms with Crippen LogP contribution < -0.4 is 0 Å². The smallest absolute Gasteiger partial charge is 0.0584 e. The second-order valence-electron chi connectivity index (χ2n) is 2.60. The normalized spacial score (nSPS) is 36.7. The Labute approximate surface area is 60.8 Å².